The van der Waals surface area contributed by atoms with Crippen molar-refractivity contribution >= 4 is 34.0 Å². The average Bonchev–Trinajstić information content (AvgIpc) is 2.73. The van der Waals surface area contributed by atoms with E-state index in [9.17, 15) is 9.50 Å². The summed E-state index contributed by atoms with van der Waals surface area (Å²) in [5.74, 6) is 0.566. The Hall–Kier alpha value is -2.64. The number of halogens is 2. The van der Waals surface area contributed by atoms with E-state index < -0.39 is 5.82 Å². The molecule has 0 aliphatic heterocycles. The summed E-state index contributed by atoms with van der Waals surface area (Å²) < 4.78 is 19.0. The molecular weight excluding hydrogens is 407 g/mol. The highest BCUT2D eigenvalue weighted by Crippen LogP contribution is 2.25. The number of methoxy groups -OCH3 is 1. The molecule has 0 amide bonds. The Labute approximate surface area is 180 Å². The van der Waals surface area contributed by atoms with E-state index >= 15 is 0 Å². The van der Waals surface area contributed by atoms with Crippen LogP contribution in [0, 0.1) is 5.82 Å². The van der Waals surface area contributed by atoms with Crippen molar-refractivity contribution in [3.05, 3.63) is 53.6 Å². The molecule has 0 aliphatic carbocycles. The Morgan fingerprint density at radius 3 is 2.77 bits per heavy atom. The summed E-state index contributed by atoms with van der Waals surface area (Å²) in [7, 11) is 1.44. The van der Waals surface area contributed by atoms with Gasteiger partial charge in [-0.3, -0.25) is 0 Å². The zero-order valence-electron chi connectivity index (χ0n) is 17.1. The Bertz CT molecular complexity index is 989. The molecule has 1 atom stereocenters. The number of aliphatic hydroxyl groups excluding tert-OH is 1. The number of anilines is 2. The molecule has 0 aliphatic rings. The molecule has 160 valence electrons. The van der Waals surface area contributed by atoms with Crippen LogP contribution in [0.5, 0.6) is 5.75 Å². The van der Waals surface area contributed by atoms with Crippen LogP contribution < -0.4 is 15.0 Å². The van der Waals surface area contributed by atoms with Crippen molar-refractivity contribution in [2.24, 2.45) is 0 Å². The fraction of sp³-hybridized carbons (Fsp3) is 0.364. The number of benzene rings is 2. The van der Waals surface area contributed by atoms with Gasteiger partial charge in [-0.2, -0.15) is 0 Å². The minimum Gasteiger partial charge on any atom is -0.494 e. The van der Waals surface area contributed by atoms with Crippen molar-refractivity contribution in [1.29, 1.82) is 0 Å². The molecule has 6 nitrogen and oxygen atoms in total. The monoisotopic (exact) mass is 432 g/mol. The molecule has 0 spiro atoms. The Morgan fingerprint density at radius 1 is 1.20 bits per heavy atom. The lowest BCUT2D eigenvalue weighted by molar-refractivity contribution is 0.301. The summed E-state index contributed by atoms with van der Waals surface area (Å²) in [6, 6.07) is 10.6. The zero-order valence-corrected chi connectivity index (χ0v) is 17.9. The normalized spacial score (nSPS) is 12.0. The van der Waals surface area contributed by atoms with Crippen LogP contribution in [0.3, 0.4) is 0 Å². The Kier molecular flexibility index (Phi) is 7.65. The van der Waals surface area contributed by atoms with Crippen LogP contribution in [-0.4, -0.2) is 47.9 Å². The second-order valence-electron chi connectivity index (χ2n) is 7.10. The zero-order chi connectivity index (χ0) is 21.5. The third-order valence-electron chi connectivity index (χ3n) is 4.92. The van der Waals surface area contributed by atoms with Gasteiger partial charge in [0.2, 0.25) is 0 Å². The molecule has 1 aromatic heterocycles. The molecule has 3 rings (SSSR count). The third-order valence-corrected chi connectivity index (χ3v) is 5.15. The van der Waals surface area contributed by atoms with Gasteiger partial charge in [-0.25, -0.2) is 14.4 Å². The maximum Gasteiger partial charge on any atom is 0.167 e. The first-order chi connectivity index (χ1) is 14.5. The van der Waals surface area contributed by atoms with Crippen molar-refractivity contribution in [2.45, 2.75) is 25.8 Å². The number of nitrogens with one attached hydrogen (secondary N) is 1. The van der Waals surface area contributed by atoms with Crippen molar-refractivity contribution < 1.29 is 14.2 Å². The Balaban J connectivity index is 1.60. The molecule has 3 aromatic rings. The van der Waals surface area contributed by atoms with Crippen molar-refractivity contribution in [3.8, 4) is 5.75 Å². The van der Waals surface area contributed by atoms with E-state index in [1.54, 1.807) is 12.1 Å². The van der Waals surface area contributed by atoms with Gasteiger partial charge < -0.3 is 20.1 Å². The summed E-state index contributed by atoms with van der Waals surface area (Å²) in [6.07, 6.45) is 3.26. The van der Waals surface area contributed by atoms with Crippen LogP contribution in [0.2, 0.25) is 5.02 Å². The van der Waals surface area contributed by atoms with Crippen LogP contribution in [0.25, 0.3) is 10.9 Å². The minimum absolute atomic E-state index is 0.00304. The van der Waals surface area contributed by atoms with Crippen LogP contribution in [-0.2, 0) is 0 Å². The van der Waals surface area contributed by atoms with E-state index in [-0.39, 0.29) is 18.4 Å². The van der Waals surface area contributed by atoms with Gasteiger partial charge in [0.1, 0.15) is 12.1 Å². The van der Waals surface area contributed by atoms with Crippen molar-refractivity contribution in [1.82, 2.24) is 9.97 Å². The molecule has 30 heavy (non-hydrogen) atoms. The number of aromatic nitrogens is 2. The van der Waals surface area contributed by atoms with E-state index in [1.807, 2.05) is 23.1 Å². The Morgan fingerprint density at radius 2 is 2.03 bits per heavy atom. The molecule has 8 heteroatoms. The molecule has 0 fully saturated rings. The highest BCUT2D eigenvalue weighted by atomic mass is 35.5. The van der Waals surface area contributed by atoms with Gasteiger partial charge in [-0.05, 0) is 50.1 Å². The smallest absolute Gasteiger partial charge is 0.167 e. The minimum atomic E-state index is -0.413. The maximum absolute atomic E-state index is 14.1. The molecule has 1 heterocycles. The number of fused-ring (bicyclic) bond motifs is 1. The molecule has 2 N–H and O–H groups in total. The molecule has 1 unspecified atom stereocenters. The van der Waals surface area contributed by atoms with Gasteiger partial charge in [0.25, 0.3) is 0 Å². The van der Waals surface area contributed by atoms with Gasteiger partial charge in [0, 0.05) is 41.3 Å². The van der Waals surface area contributed by atoms with E-state index in [2.05, 4.69) is 22.2 Å². The van der Waals surface area contributed by atoms with E-state index in [4.69, 9.17) is 16.3 Å². The first-order valence-electron chi connectivity index (χ1n) is 9.88. The lowest BCUT2D eigenvalue weighted by Gasteiger charge is -2.25. The lowest BCUT2D eigenvalue weighted by Crippen LogP contribution is -2.29. The number of aliphatic hydroxyl groups is 1. The number of hydrogen-bond acceptors (Lipinski definition) is 6. The SMILES string of the molecule is COc1ccc(N(CCO)CCCC(C)Nc2ncnc3cc(Cl)ccc23)cc1F. The van der Waals surface area contributed by atoms with Gasteiger partial charge in [-0.1, -0.05) is 11.6 Å². The van der Waals surface area contributed by atoms with Crippen LogP contribution in [0.15, 0.2) is 42.7 Å². The highest BCUT2D eigenvalue weighted by Gasteiger charge is 2.12. The van der Waals surface area contributed by atoms with E-state index in [0.29, 0.717) is 18.1 Å². The first-order valence-corrected chi connectivity index (χ1v) is 10.3. The van der Waals surface area contributed by atoms with Crippen LogP contribution in [0.1, 0.15) is 19.8 Å². The fourth-order valence-corrected chi connectivity index (χ4v) is 3.55. The number of rotatable bonds is 10. The fourth-order valence-electron chi connectivity index (χ4n) is 3.38. The number of nitrogens with zero attached hydrogens (tertiary/aromatic N) is 3. The molecule has 0 saturated carbocycles. The van der Waals surface area contributed by atoms with E-state index in [0.717, 1.165) is 35.2 Å². The second-order valence-corrected chi connectivity index (χ2v) is 7.54. The predicted molar refractivity (Wildman–Crippen MR) is 119 cm³/mol. The van der Waals surface area contributed by atoms with Crippen LogP contribution >= 0.6 is 11.6 Å². The maximum atomic E-state index is 14.1. The summed E-state index contributed by atoms with van der Waals surface area (Å²) in [6.45, 7) is 3.22. The van der Waals surface area contributed by atoms with Crippen LogP contribution in [0.4, 0.5) is 15.9 Å². The van der Waals surface area contributed by atoms with Gasteiger partial charge in [-0.15, -0.1) is 0 Å². The summed E-state index contributed by atoms with van der Waals surface area (Å²) in [5.41, 5.74) is 1.52. The molecule has 0 radical (unpaired) electrons. The molecular formula is C22H26ClFN4O2. The van der Waals surface area contributed by atoms with Gasteiger partial charge in [0.15, 0.2) is 11.6 Å². The number of ether oxygens (including phenoxy) is 1. The lowest BCUT2D eigenvalue weighted by atomic mass is 10.1. The summed E-state index contributed by atoms with van der Waals surface area (Å²) in [5, 5.41) is 14.4. The van der Waals surface area contributed by atoms with Gasteiger partial charge in [0.05, 0.1) is 19.2 Å². The highest BCUT2D eigenvalue weighted by molar-refractivity contribution is 6.31. The van der Waals surface area contributed by atoms with Crippen molar-refractivity contribution in [2.75, 3.05) is 37.0 Å². The quantitative estimate of drug-likeness (QED) is 0.491. The second kappa shape index (κ2) is 10.4. The van der Waals surface area contributed by atoms with E-state index in [1.165, 1.54) is 19.5 Å². The summed E-state index contributed by atoms with van der Waals surface area (Å²) in [4.78, 5) is 10.6. The van der Waals surface area contributed by atoms with Gasteiger partial charge >= 0.3 is 0 Å². The summed E-state index contributed by atoms with van der Waals surface area (Å²) >= 11 is 6.04. The molecule has 2 aromatic carbocycles. The van der Waals surface area contributed by atoms with Crippen molar-refractivity contribution in [3.63, 3.8) is 0 Å². The third kappa shape index (κ3) is 5.49. The first kappa shape index (κ1) is 22.1. The average molecular weight is 433 g/mol. The standard InChI is InChI=1S/C22H26ClFN4O2/c1-15(27-22-18-7-5-16(23)12-20(18)25-14-26-22)4-3-9-28(10-11-29)17-6-8-21(30-2)19(24)13-17/h5-8,12-15,29H,3-4,9-11H2,1-2H3,(H,25,26,27). The topological polar surface area (TPSA) is 70.5 Å². The molecule has 0 bridgehead atoms. The predicted octanol–water partition coefficient (Wildman–Crippen LogP) is 4.51. The largest absolute Gasteiger partial charge is 0.494 e. The number of hydrogen-bond donors (Lipinski definition) is 2. The molecule has 0 saturated heterocycles.